The molecular weight excluding hydrogens is 458 g/mol. The number of nitrogens with one attached hydrogen (secondary N) is 1. The van der Waals surface area contributed by atoms with E-state index in [1.54, 1.807) is 23.1 Å². The predicted molar refractivity (Wildman–Crippen MR) is 133 cm³/mol. The molecule has 1 aromatic carbocycles. The molecule has 0 aliphatic heterocycles. The lowest BCUT2D eigenvalue weighted by Crippen LogP contribution is -2.36. The van der Waals surface area contributed by atoms with Gasteiger partial charge in [-0.2, -0.15) is 0 Å². The van der Waals surface area contributed by atoms with Crippen molar-refractivity contribution in [2.24, 2.45) is 5.92 Å². The second-order valence-corrected chi connectivity index (χ2v) is 10.7. The molecule has 9 heteroatoms. The summed E-state index contributed by atoms with van der Waals surface area (Å²) in [5.41, 5.74) is 2.68. The van der Waals surface area contributed by atoms with Gasteiger partial charge in [0.05, 0.1) is 16.3 Å². The Morgan fingerprint density at radius 2 is 2.00 bits per heavy atom. The summed E-state index contributed by atoms with van der Waals surface area (Å²) in [7, 11) is 0. The number of benzene rings is 1. The summed E-state index contributed by atoms with van der Waals surface area (Å²) in [6.07, 6.45) is 0. The second kappa shape index (κ2) is 9.97. The van der Waals surface area contributed by atoms with Crippen molar-refractivity contribution in [2.75, 3.05) is 0 Å². The Bertz CT molecular complexity index is 1200. The third-order valence-electron chi connectivity index (χ3n) is 5.10. The van der Waals surface area contributed by atoms with Crippen LogP contribution >= 0.6 is 34.4 Å². The molecule has 4 rings (SSSR count). The molecule has 32 heavy (non-hydrogen) atoms. The lowest BCUT2D eigenvalue weighted by Gasteiger charge is -2.16. The van der Waals surface area contributed by atoms with Crippen LogP contribution in [0.5, 0.6) is 0 Å². The highest BCUT2D eigenvalue weighted by atomic mass is 32.2. The van der Waals surface area contributed by atoms with Crippen molar-refractivity contribution in [3.8, 4) is 16.4 Å². The van der Waals surface area contributed by atoms with E-state index in [9.17, 15) is 4.79 Å². The molecule has 1 amide bonds. The maximum absolute atomic E-state index is 12.5. The van der Waals surface area contributed by atoms with Gasteiger partial charge in [0, 0.05) is 11.4 Å². The first kappa shape index (κ1) is 22.7. The molecular formula is C23H25N5OS3. The molecule has 4 aromatic rings. The summed E-state index contributed by atoms with van der Waals surface area (Å²) in [5.74, 6) is 1.70. The van der Waals surface area contributed by atoms with Crippen LogP contribution in [0.4, 0.5) is 0 Å². The lowest BCUT2D eigenvalue weighted by molar-refractivity contribution is 0.0926. The van der Waals surface area contributed by atoms with E-state index in [1.807, 2.05) is 29.8 Å². The number of carbonyl (C=O) groups is 1. The van der Waals surface area contributed by atoms with E-state index in [0.29, 0.717) is 17.4 Å². The Morgan fingerprint density at radius 1 is 1.16 bits per heavy atom. The van der Waals surface area contributed by atoms with E-state index >= 15 is 0 Å². The van der Waals surface area contributed by atoms with Crippen LogP contribution in [-0.4, -0.2) is 31.7 Å². The number of amides is 1. The van der Waals surface area contributed by atoms with Crippen molar-refractivity contribution in [3.63, 3.8) is 0 Å². The van der Waals surface area contributed by atoms with Gasteiger partial charge in [-0.15, -0.1) is 32.9 Å². The normalized spacial score (nSPS) is 12.3. The Balaban J connectivity index is 1.54. The first-order valence-electron chi connectivity index (χ1n) is 10.4. The van der Waals surface area contributed by atoms with Gasteiger partial charge in [-0.05, 0) is 48.9 Å². The van der Waals surface area contributed by atoms with Gasteiger partial charge in [0.15, 0.2) is 11.0 Å². The quantitative estimate of drug-likeness (QED) is 0.319. The summed E-state index contributed by atoms with van der Waals surface area (Å²) in [4.78, 5) is 18.1. The minimum absolute atomic E-state index is 0.102. The van der Waals surface area contributed by atoms with Crippen LogP contribution in [0.3, 0.4) is 0 Å². The topological polar surface area (TPSA) is 72.7 Å². The Hall–Kier alpha value is -2.49. The number of hydrogen-bond donors (Lipinski definition) is 1. The van der Waals surface area contributed by atoms with Gasteiger partial charge in [-0.25, -0.2) is 4.98 Å². The standard InChI is InChI=1S/C23H25N5OS3/c1-14(2)16(4)24-22(29)18-12-31-20(25-18)13-32-23-27-26-21(19-9-6-10-30-19)28(23)17-8-5-7-15(3)11-17/h5-12,14,16H,13H2,1-4H3,(H,24,29). The molecule has 0 saturated heterocycles. The van der Waals surface area contributed by atoms with Crippen LogP contribution in [0.25, 0.3) is 16.4 Å². The Morgan fingerprint density at radius 3 is 2.72 bits per heavy atom. The molecule has 0 fully saturated rings. The average molecular weight is 484 g/mol. The molecule has 3 aromatic heterocycles. The fraction of sp³-hybridized carbons (Fsp3) is 0.304. The molecule has 166 valence electrons. The summed E-state index contributed by atoms with van der Waals surface area (Å²) < 4.78 is 2.09. The monoisotopic (exact) mass is 483 g/mol. The summed E-state index contributed by atoms with van der Waals surface area (Å²) in [5, 5.41) is 17.5. The van der Waals surface area contributed by atoms with Crippen molar-refractivity contribution in [1.82, 2.24) is 25.1 Å². The molecule has 0 aliphatic carbocycles. The maximum atomic E-state index is 12.5. The molecule has 0 spiro atoms. The number of aryl methyl sites for hydroxylation is 1. The zero-order chi connectivity index (χ0) is 22.7. The largest absolute Gasteiger partial charge is 0.348 e. The number of nitrogens with zero attached hydrogens (tertiary/aromatic N) is 4. The van der Waals surface area contributed by atoms with Crippen LogP contribution in [0.15, 0.2) is 52.3 Å². The minimum Gasteiger partial charge on any atom is -0.348 e. The van der Waals surface area contributed by atoms with Crippen LogP contribution in [0, 0.1) is 12.8 Å². The molecule has 0 bridgehead atoms. The van der Waals surface area contributed by atoms with Gasteiger partial charge in [0.1, 0.15) is 10.7 Å². The SMILES string of the molecule is Cc1cccc(-n2c(SCc3nc(C(=O)NC(C)C(C)C)cs3)nnc2-c2cccs2)c1. The highest BCUT2D eigenvalue weighted by molar-refractivity contribution is 7.98. The van der Waals surface area contributed by atoms with E-state index in [2.05, 4.69) is 70.1 Å². The summed E-state index contributed by atoms with van der Waals surface area (Å²) >= 11 is 4.71. The molecule has 3 heterocycles. The van der Waals surface area contributed by atoms with Crippen molar-refractivity contribution < 1.29 is 4.79 Å². The third kappa shape index (κ3) is 5.11. The van der Waals surface area contributed by atoms with Crippen molar-refractivity contribution in [2.45, 2.75) is 44.6 Å². The number of hydrogen-bond acceptors (Lipinski definition) is 7. The number of thioether (sulfide) groups is 1. The average Bonchev–Trinajstić information content (AvgIpc) is 3.52. The highest BCUT2D eigenvalue weighted by Gasteiger charge is 2.19. The predicted octanol–water partition coefficient (Wildman–Crippen LogP) is 5.83. The smallest absolute Gasteiger partial charge is 0.270 e. The lowest BCUT2D eigenvalue weighted by atomic mass is 10.1. The zero-order valence-electron chi connectivity index (χ0n) is 18.4. The van der Waals surface area contributed by atoms with Crippen molar-refractivity contribution in [1.29, 1.82) is 0 Å². The van der Waals surface area contributed by atoms with E-state index in [-0.39, 0.29) is 11.9 Å². The van der Waals surface area contributed by atoms with E-state index in [0.717, 1.165) is 26.6 Å². The van der Waals surface area contributed by atoms with Gasteiger partial charge in [-0.1, -0.05) is 43.8 Å². The summed E-state index contributed by atoms with van der Waals surface area (Å²) in [6.45, 7) is 8.26. The molecule has 0 aliphatic rings. The van der Waals surface area contributed by atoms with Crippen molar-refractivity contribution in [3.05, 3.63) is 63.4 Å². The van der Waals surface area contributed by atoms with Gasteiger partial charge < -0.3 is 5.32 Å². The zero-order valence-corrected chi connectivity index (χ0v) is 20.9. The van der Waals surface area contributed by atoms with E-state index in [4.69, 9.17) is 0 Å². The Kier molecular flexibility index (Phi) is 7.07. The van der Waals surface area contributed by atoms with Crippen LogP contribution < -0.4 is 5.32 Å². The highest BCUT2D eigenvalue weighted by Crippen LogP contribution is 2.32. The van der Waals surface area contributed by atoms with Gasteiger partial charge in [-0.3, -0.25) is 9.36 Å². The van der Waals surface area contributed by atoms with Gasteiger partial charge >= 0.3 is 0 Å². The van der Waals surface area contributed by atoms with Gasteiger partial charge in [0.2, 0.25) is 0 Å². The maximum Gasteiger partial charge on any atom is 0.270 e. The third-order valence-corrected chi connectivity index (χ3v) is 7.94. The first-order chi connectivity index (χ1) is 15.4. The minimum atomic E-state index is -0.124. The molecule has 1 atom stereocenters. The number of rotatable bonds is 8. The molecule has 6 nitrogen and oxygen atoms in total. The van der Waals surface area contributed by atoms with E-state index in [1.165, 1.54) is 16.9 Å². The number of carbonyl (C=O) groups excluding carboxylic acids is 1. The first-order valence-corrected chi connectivity index (χ1v) is 13.1. The van der Waals surface area contributed by atoms with Gasteiger partial charge in [0.25, 0.3) is 5.91 Å². The summed E-state index contributed by atoms with van der Waals surface area (Å²) in [6, 6.07) is 12.5. The Labute approximate surface area is 200 Å². The molecule has 0 radical (unpaired) electrons. The van der Waals surface area contributed by atoms with Crippen LogP contribution in [0.1, 0.15) is 41.8 Å². The number of thiophene rings is 1. The number of thiazole rings is 1. The molecule has 1 unspecified atom stereocenters. The second-order valence-electron chi connectivity index (χ2n) is 7.88. The van der Waals surface area contributed by atoms with Crippen LogP contribution in [0.2, 0.25) is 0 Å². The molecule has 0 saturated carbocycles. The fourth-order valence-corrected chi connectivity index (χ4v) is 5.43. The van der Waals surface area contributed by atoms with E-state index < -0.39 is 0 Å². The van der Waals surface area contributed by atoms with Crippen molar-refractivity contribution >= 4 is 40.3 Å². The fourth-order valence-electron chi connectivity index (χ4n) is 2.98. The van der Waals surface area contributed by atoms with Crippen LogP contribution in [-0.2, 0) is 5.75 Å². The number of aromatic nitrogens is 4. The molecule has 1 N–H and O–H groups in total.